The third-order valence-corrected chi connectivity index (χ3v) is 7.90. The maximum absolute atomic E-state index is 14.0. The van der Waals surface area contributed by atoms with Crippen molar-refractivity contribution in [1.82, 2.24) is 10.2 Å². The lowest BCUT2D eigenvalue weighted by Crippen LogP contribution is -2.54. The fourth-order valence-corrected chi connectivity index (χ4v) is 5.16. The minimum absolute atomic E-state index is 0.0916. The Kier molecular flexibility index (Phi) is 10.5. The van der Waals surface area contributed by atoms with E-state index in [-0.39, 0.29) is 30.6 Å². The van der Waals surface area contributed by atoms with Gasteiger partial charge in [-0.15, -0.1) is 0 Å². The van der Waals surface area contributed by atoms with Crippen molar-refractivity contribution in [1.29, 1.82) is 0 Å². The summed E-state index contributed by atoms with van der Waals surface area (Å²) in [4.78, 5) is 29.2. The van der Waals surface area contributed by atoms with E-state index in [4.69, 9.17) is 11.6 Å². The van der Waals surface area contributed by atoms with Crippen LogP contribution in [0, 0.1) is 6.92 Å². The van der Waals surface area contributed by atoms with Crippen LogP contribution >= 0.6 is 11.6 Å². The Balaban J connectivity index is 2.05. The van der Waals surface area contributed by atoms with Gasteiger partial charge in [0.15, 0.2) is 0 Å². The smallest absolute Gasteiger partial charge is 0.244 e. The SMILES string of the molecule is CC[C@H](C)NC(=O)[C@@H](Cc1ccccc1)N(Cc1ccc(C)cc1)C(=O)CN(c1cccc(Cl)c1)S(C)(=O)=O. The van der Waals surface area contributed by atoms with Gasteiger partial charge in [0, 0.05) is 24.0 Å². The van der Waals surface area contributed by atoms with Crippen LogP contribution in [0.1, 0.15) is 37.0 Å². The topological polar surface area (TPSA) is 86.8 Å². The zero-order valence-corrected chi connectivity index (χ0v) is 24.4. The summed E-state index contributed by atoms with van der Waals surface area (Å²) in [5.41, 5.74) is 3.06. The zero-order valence-electron chi connectivity index (χ0n) is 22.8. The summed E-state index contributed by atoms with van der Waals surface area (Å²) < 4.78 is 26.6. The highest BCUT2D eigenvalue weighted by molar-refractivity contribution is 7.92. The highest BCUT2D eigenvalue weighted by atomic mass is 35.5. The van der Waals surface area contributed by atoms with Crippen molar-refractivity contribution in [3.8, 4) is 0 Å². The largest absolute Gasteiger partial charge is 0.352 e. The van der Waals surface area contributed by atoms with Crippen LogP contribution in [-0.4, -0.2) is 50.0 Å². The quantitative estimate of drug-likeness (QED) is 0.334. The Hall–Kier alpha value is -3.36. The van der Waals surface area contributed by atoms with E-state index in [9.17, 15) is 18.0 Å². The number of halogens is 1. The number of carbonyl (C=O) groups excluding carboxylic acids is 2. The molecule has 3 aromatic rings. The predicted octanol–water partition coefficient (Wildman–Crippen LogP) is 4.97. The summed E-state index contributed by atoms with van der Waals surface area (Å²) in [6, 6.07) is 22.6. The predicted molar refractivity (Wildman–Crippen MR) is 157 cm³/mol. The molecule has 2 amide bonds. The fraction of sp³-hybridized carbons (Fsp3) is 0.333. The number of hydrogen-bond donors (Lipinski definition) is 1. The Bertz CT molecular complexity index is 1360. The first kappa shape index (κ1) is 30.2. The molecular weight excluding hydrogens is 534 g/mol. The van der Waals surface area contributed by atoms with Crippen LogP contribution < -0.4 is 9.62 Å². The monoisotopic (exact) mass is 569 g/mol. The number of aryl methyl sites for hydroxylation is 1. The number of hydrogen-bond acceptors (Lipinski definition) is 4. The van der Waals surface area contributed by atoms with Crippen molar-refractivity contribution in [3.63, 3.8) is 0 Å². The molecule has 2 atom stereocenters. The first-order valence-corrected chi connectivity index (χ1v) is 15.1. The lowest BCUT2D eigenvalue weighted by atomic mass is 10.0. The second-order valence-electron chi connectivity index (χ2n) is 9.78. The molecule has 9 heteroatoms. The molecule has 0 saturated heterocycles. The van der Waals surface area contributed by atoms with E-state index in [1.54, 1.807) is 18.2 Å². The van der Waals surface area contributed by atoms with Crippen LogP contribution in [0.25, 0.3) is 0 Å². The molecule has 3 aromatic carbocycles. The summed E-state index contributed by atoms with van der Waals surface area (Å²) in [7, 11) is -3.84. The molecular formula is C30H36ClN3O4S. The van der Waals surface area contributed by atoms with Gasteiger partial charge < -0.3 is 10.2 Å². The summed E-state index contributed by atoms with van der Waals surface area (Å²) in [5.74, 6) is -0.788. The molecule has 7 nitrogen and oxygen atoms in total. The van der Waals surface area contributed by atoms with E-state index in [0.717, 1.165) is 33.7 Å². The molecule has 0 aliphatic carbocycles. The second kappa shape index (κ2) is 13.6. The number of nitrogens with one attached hydrogen (secondary N) is 1. The van der Waals surface area contributed by atoms with Gasteiger partial charge in [0.05, 0.1) is 11.9 Å². The molecule has 3 rings (SSSR count). The van der Waals surface area contributed by atoms with Crippen molar-refractivity contribution in [3.05, 3.63) is 101 Å². The van der Waals surface area contributed by atoms with Crippen molar-refractivity contribution >= 4 is 39.1 Å². The number of nitrogens with zero attached hydrogens (tertiary/aromatic N) is 2. The Morgan fingerprint density at radius 2 is 1.62 bits per heavy atom. The van der Waals surface area contributed by atoms with Crippen LogP contribution in [0.4, 0.5) is 5.69 Å². The third kappa shape index (κ3) is 8.83. The van der Waals surface area contributed by atoms with E-state index in [0.29, 0.717) is 5.02 Å². The van der Waals surface area contributed by atoms with Crippen molar-refractivity contribution in [2.75, 3.05) is 17.1 Å². The number of benzene rings is 3. The Labute approximate surface area is 236 Å². The third-order valence-electron chi connectivity index (χ3n) is 6.52. The molecule has 0 aliphatic heterocycles. The van der Waals surface area contributed by atoms with Gasteiger partial charge in [-0.1, -0.05) is 84.8 Å². The molecule has 0 aromatic heterocycles. The highest BCUT2D eigenvalue weighted by Crippen LogP contribution is 2.23. The van der Waals surface area contributed by atoms with Crippen LogP contribution in [0.3, 0.4) is 0 Å². The van der Waals surface area contributed by atoms with Gasteiger partial charge >= 0.3 is 0 Å². The number of carbonyl (C=O) groups is 2. The number of rotatable bonds is 12. The highest BCUT2D eigenvalue weighted by Gasteiger charge is 2.33. The van der Waals surface area contributed by atoms with Gasteiger partial charge in [0.25, 0.3) is 0 Å². The molecule has 0 radical (unpaired) electrons. The van der Waals surface area contributed by atoms with Crippen LogP contribution in [0.15, 0.2) is 78.9 Å². The average Bonchev–Trinajstić information content (AvgIpc) is 2.90. The number of sulfonamides is 1. The molecule has 208 valence electrons. The molecule has 0 spiro atoms. The van der Waals surface area contributed by atoms with Gasteiger partial charge in [-0.2, -0.15) is 0 Å². The molecule has 0 unspecified atom stereocenters. The number of amides is 2. The summed E-state index contributed by atoms with van der Waals surface area (Å²) in [6.45, 7) is 5.51. The minimum Gasteiger partial charge on any atom is -0.352 e. The standard InChI is InChI=1S/C30H36ClN3O4S/c1-5-23(3)32-30(36)28(18-24-10-7-6-8-11-24)33(20-25-16-14-22(2)15-17-25)29(35)21-34(39(4,37)38)27-13-9-12-26(31)19-27/h6-17,19,23,28H,5,18,20-21H2,1-4H3,(H,32,36)/t23-,28+/m0/s1. The van der Waals surface area contributed by atoms with Gasteiger partial charge in [-0.25, -0.2) is 8.42 Å². The van der Waals surface area contributed by atoms with Crippen LogP contribution in [0.2, 0.25) is 5.02 Å². The summed E-state index contributed by atoms with van der Waals surface area (Å²) in [6.07, 6.45) is 2.05. The van der Waals surface area contributed by atoms with Gasteiger partial charge in [-0.05, 0) is 49.6 Å². The molecule has 0 bridgehead atoms. The van der Waals surface area contributed by atoms with Gasteiger partial charge in [0.2, 0.25) is 21.8 Å². The molecule has 39 heavy (non-hydrogen) atoms. The lowest BCUT2D eigenvalue weighted by Gasteiger charge is -2.34. The molecule has 0 fully saturated rings. The Morgan fingerprint density at radius 3 is 2.21 bits per heavy atom. The maximum Gasteiger partial charge on any atom is 0.244 e. The van der Waals surface area contributed by atoms with E-state index < -0.39 is 28.5 Å². The van der Waals surface area contributed by atoms with E-state index in [1.807, 2.05) is 75.4 Å². The second-order valence-corrected chi connectivity index (χ2v) is 12.1. The molecule has 0 aliphatic rings. The van der Waals surface area contributed by atoms with Crippen molar-refractivity contribution < 1.29 is 18.0 Å². The normalized spacial score (nSPS) is 12.8. The Morgan fingerprint density at radius 1 is 0.949 bits per heavy atom. The lowest BCUT2D eigenvalue weighted by molar-refractivity contribution is -0.140. The fourth-order valence-electron chi connectivity index (χ4n) is 4.13. The molecule has 0 heterocycles. The van der Waals surface area contributed by atoms with Gasteiger partial charge in [-0.3, -0.25) is 13.9 Å². The first-order chi connectivity index (χ1) is 18.5. The minimum atomic E-state index is -3.84. The van der Waals surface area contributed by atoms with E-state index in [1.165, 1.54) is 11.0 Å². The average molecular weight is 570 g/mol. The van der Waals surface area contributed by atoms with E-state index >= 15 is 0 Å². The van der Waals surface area contributed by atoms with Crippen LogP contribution in [-0.2, 0) is 32.6 Å². The van der Waals surface area contributed by atoms with E-state index in [2.05, 4.69) is 5.32 Å². The summed E-state index contributed by atoms with van der Waals surface area (Å²) in [5, 5.41) is 3.37. The number of anilines is 1. The maximum atomic E-state index is 14.0. The van der Waals surface area contributed by atoms with Gasteiger partial charge in [0.1, 0.15) is 12.6 Å². The molecule has 1 N–H and O–H groups in total. The molecule has 0 saturated carbocycles. The zero-order chi connectivity index (χ0) is 28.6. The van der Waals surface area contributed by atoms with Crippen LogP contribution in [0.5, 0.6) is 0 Å². The van der Waals surface area contributed by atoms with Crippen molar-refractivity contribution in [2.45, 2.75) is 52.2 Å². The first-order valence-electron chi connectivity index (χ1n) is 12.9. The van der Waals surface area contributed by atoms with Crippen molar-refractivity contribution in [2.24, 2.45) is 0 Å². The summed E-state index contributed by atoms with van der Waals surface area (Å²) >= 11 is 6.13.